The van der Waals surface area contributed by atoms with Gasteiger partial charge in [0.15, 0.2) is 0 Å². The molecule has 1 nitrogen and oxygen atoms in total. The van der Waals surface area contributed by atoms with Crippen LogP contribution in [0.1, 0.15) is 45.4 Å². The number of aliphatic hydroxyl groups excluding tert-OH is 1. The van der Waals surface area contributed by atoms with Crippen molar-refractivity contribution in [1.29, 1.82) is 0 Å². The van der Waals surface area contributed by atoms with Gasteiger partial charge in [0.25, 0.3) is 0 Å². The summed E-state index contributed by atoms with van der Waals surface area (Å²) in [6.45, 7) is 2.27. The molecule has 1 saturated carbocycles. The SMILES string of the molecule is CCCCC[C@H]1C[C@H]1CC#CCO. The first-order chi connectivity index (χ1) is 6.38. The Hall–Kier alpha value is -0.480. The molecule has 0 spiro atoms. The highest BCUT2D eigenvalue weighted by Crippen LogP contribution is 2.44. The molecule has 1 aliphatic rings. The Morgan fingerprint density at radius 3 is 2.77 bits per heavy atom. The van der Waals surface area contributed by atoms with Crippen LogP contribution in [0.4, 0.5) is 0 Å². The van der Waals surface area contributed by atoms with Gasteiger partial charge < -0.3 is 5.11 Å². The molecule has 2 atom stereocenters. The van der Waals surface area contributed by atoms with Gasteiger partial charge in [0, 0.05) is 6.42 Å². The van der Waals surface area contributed by atoms with Crippen LogP contribution in [0.15, 0.2) is 0 Å². The minimum atomic E-state index is 0.0211. The Morgan fingerprint density at radius 1 is 1.23 bits per heavy atom. The monoisotopic (exact) mass is 180 g/mol. The van der Waals surface area contributed by atoms with Crippen LogP contribution in [0.5, 0.6) is 0 Å². The summed E-state index contributed by atoms with van der Waals surface area (Å²) >= 11 is 0. The molecular weight excluding hydrogens is 160 g/mol. The summed E-state index contributed by atoms with van der Waals surface area (Å²) in [7, 11) is 0. The molecule has 0 bridgehead atoms. The van der Waals surface area contributed by atoms with Crippen molar-refractivity contribution < 1.29 is 5.11 Å². The van der Waals surface area contributed by atoms with Gasteiger partial charge in [-0.1, -0.05) is 38.5 Å². The van der Waals surface area contributed by atoms with E-state index in [1.54, 1.807) is 0 Å². The van der Waals surface area contributed by atoms with Crippen molar-refractivity contribution in [3.8, 4) is 11.8 Å². The number of rotatable bonds is 5. The Balaban J connectivity index is 1.96. The van der Waals surface area contributed by atoms with Crippen LogP contribution in [0.3, 0.4) is 0 Å². The van der Waals surface area contributed by atoms with E-state index >= 15 is 0 Å². The van der Waals surface area contributed by atoms with E-state index in [4.69, 9.17) is 5.11 Å². The minimum Gasteiger partial charge on any atom is -0.384 e. The van der Waals surface area contributed by atoms with Crippen molar-refractivity contribution in [3.05, 3.63) is 0 Å². The van der Waals surface area contributed by atoms with Crippen molar-refractivity contribution in [1.82, 2.24) is 0 Å². The maximum absolute atomic E-state index is 8.47. The molecule has 0 aromatic rings. The molecule has 0 unspecified atom stereocenters. The molecule has 13 heavy (non-hydrogen) atoms. The molecule has 1 N–H and O–H groups in total. The van der Waals surface area contributed by atoms with Gasteiger partial charge in [-0.2, -0.15) is 0 Å². The third-order valence-corrected chi connectivity index (χ3v) is 2.82. The number of aliphatic hydroxyl groups is 1. The molecule has 1 rings (SSSR count). The topological polar surface area (TPSA) is 20.2 Å². The predicted molar refractivity (Wildman–Crippen MR) is 55.2 cm³/mol. The van der Waals surface area contributed by atoms with E-state index in [9.17, 15) is 0 Å². The van der Waals surface area contributed by atoms with Crippen LogP contribution in [0, 0.1) is 23.7 Å². The van der Waals surface area contributed by atoms with E-state index < -0.39 is 0 Å². The Bertz CT molecular complexity index is 187. The van der Waals surface area contributed by atoms with E-state index in [1.165, 1.54) is 32.1 Å². The standard InChI is InChI=1S/C12H20O/c1-2-3-4-7-11-10-12(11)8-5-6-9-13/h11-13H,2-4,7-10H2,1H3/t11-,12+/m0/s1. The van der Waals surface area contributed by atoms with Gasteiger partial charge in [0.1, 0.15) is 6.61 Å². The van der Waals surface area contributed by atoms with Gasteiger partial charge in [-0.15, -0.1) is 5.92 Å². The maximum Gasteiger partial charge on any atom is 0.104 e. The summed E-state index contributed by atoms with van der Waals surface area (Å²) in [5.74, 6) is 7.55. The van der Waals surface area contributed by atoms with Crippen molar-refractivity contribution in [3.63, 3.8) is 0 Å². The van der Waals surface area contributed by atoms with E-state index in [0.29, 0.717) is 0 Å². The molecule has 0 aliphatic heterocycles. The van der Waals surface area contributed by atoms with Gasteiger partial charge in [-0.3, -0.25) is 0 Å². The first-order valence-corrected chi connectivity index (χ1v) is 5.45. The number of hydrogen-bond donors (Lipinski definition) is 1. The van der Waals surface area contributed by atoms with Crippen LogP contribution < -0.4 is 0 Å². The Morgan fingerprint density at radius 2 is 2.08 bits per heavy atom. The Kier molecular flexibility index (Phi) is 4.93. The zero-order valence-electron chi connectivity index (χ0n) is 8.55. The highest BCUT2D eigenvalue weighted by atomic mass is 16.2. The van der Waals surface area contributed by atoms with Crippen molar-refractivity contribution in [2.24, 2.45) is 11.8 Å². The molecule has 1 fully saturated rings. The maximum atomic E-state index is 8.47. The lowest BCUT2D eigenvalue weighted by molar-refractivity contribution is 0.350. The highest BCUT2D eigenvalue weighted by Gasteiger charge is 2.34. The molecule has 0 aromatic carbocycles. The highest BCUT2D eigenvalue weighted by molar-refractivity contribution is 5.03. The molecule has 1 aliphatic carbocycles. The van der Waals surface area contributed by atoms with E-state index in [-0.39, 0.29) is 6.61 Å². The Labute approximate surface area is 81.5 Å². The molecule has 0 heterocycles. The fourth-order valence-corrected chi connectivity index (χ4v) is 1.83. The molecule has 0 radical (unpaired) electrons. The number of unbranched alkanes of at least 4 members (excludes halogenated alkanes) is 2. The van der Waals surface area contributed by atoms with Gasteiger partial charge >= 0.3 is 0 Å². The molecule has 74 valence electrons. The van der Waals surface area contributed by atoms with Gasteiger partial charge in [-0.25, -0.2) is 0 Å². The van der Waals surface area contributed by atoms with Crippen LogP contribution in [0.25, 0.3) is 0 Å². The summed E-state index contributed by atoms with van der Waals surface area (Å²) < 4.78 is 0. The van der Waals surface area contributed by atoms with E-state index in [1.807, 2.05) is 0 Å². The molecule has 0 aromatic heterocycles. The normalized spacial score (nSPS) is 25.1. The fourth-order valence-electron chi connectivity index (χ4n) is 1.83. The average Bonchev–Trinajstić information content (AvgIpc) is 2.85. The predicted octanol–water partition coefficient (Wildman–Crippen LogP) is 2.59. The largest absolute Gasteiger partial charge is 0.384 e. The summed E-state index contributed by atoms with van der Waals surface area (Å²) in [5.41, 5.74) is 0. The van der Waals surface area contributed by atoms with E-state index in [2.05, 4.69) is 18.8 Å². The van der Waals surface area contributed by atoms with Crippen LogP contribution in [0.2, 0.25) is 0 Å². The summed E-state index contributed by atoms with van der Waals surface area (Å²) in [6.07, 6.45) is 7.89. The first kappa shape index (κ1) is 10.6. The second kappa shape index (κ2) is 6.05. The van der Waals surface area contributed by atoms with Crippen LogP contribution in [-0.2, 0) is 0 Å². The summed E-state index contributed by atoms with van der Waals surface area (Å²) in [6, 6.07) is 0. The van der Waals surface area contributed by atoms with Crippen molar-refractivity contribution >= 4 is 0 Å². The number of hydrogen-bond acceptors (Lipinski definition) is 1. The minimum absolute atomic E-state index is 0.0211. The van der Waals surface area contributed by atoms with Gasteiger partial charge in [-0.05, 0) is 18.3 Å². The lowest BCUT2D eigenvalue weighted by atomic mass is 10.1. The lowest BCUT2D eigenvalue weighted by Crippen LogP contribution is -1.83. The molecule has 1 heteroatoms. The average molecular weight is 180 g/mol. The lowest BCUT2D eigenvalue weighted by Gasteiger charge is -1.96. The van der Waals surface area contributed by atoms with Gasteiger partial charge in [0.05, 0.1) is 0 Å². The molecule has 0 amide bonds. The summed E-state index contributed by atoms with van der Waals surface area (Å²) in [5, 5.41) is 8.47. The zero-order valence-corrected chi connectivity index (χ0v) is 8.55. The van der Waals surface area contributed by atoms with Crippen molar-refractivity contribution in [2.75, 3.05) is 6.61 Å². The second-order valence-electron chi connectivity index (χ2n) is 3.97. The quantitative estimate of drug-likeness (QED) is 0.509. The zero-order chi connectivity index (χ0) is 9.52. The smallest absolute Gasteiger partial charge is 0.104 e. The van der Waals surface area contributed by atoms with Gasteiger partial charge in [0.2, 0.25) is 0 Å². The van der Waals surface area contributed by atoms with Crippen molar-refractivity contribution in [2.45, 2.75) is 45.4 Å². The van der Waals surface area contributed by atoms with Crippen LogP contribution >= 0.6 is 0 Å². The first-order valence-electron chi connectivity index (χ1n) is 5.45. The second-order valence-corrected chi connectivity index (χ2v) is 3.97. The van der Waals surface area contributed by atoms with E-state index in [0.717, 1.165) is 18.3 Å². The third-order valence-electron chi connectivity index (χ3n) is 2.82. The molecule has 0 saturated heterocycles. The van der Waals surface area contributed by atoms with Crippen LogP contribution in [-0.4, -0.2) is 11.7 Å². The third kappa shape index (κ3) is 4.33. The summed E-state index contributed by atoms with van der Waals surface area (Å²) in [4.78, 5) is 0. The fraction of sp³-hybridized carbons (Fsp3) is 0.833. The molecular formula is C12H20O.